The Kier molecular flexibility index (Phi) is 2.69. The third-order valence-electron chi connectivity index (χ3n) is 2.39. The highest BCUT2D eigenvalue weighted by atomic mass is 16.4. The highest BCUT2D eigenvalue weighted by Gasteiger charge is 2.33. The number of carboxylic acid groups (broad SMARTS) is 1. The maximum atomic E-state index is 11.3. The van der Waals surface area contributed by atoms with E-state index in [0.717, 1.165) is 4.57 Å². The Morgan fingerprint density at radius 1 is 1.71 bits per heavy atom. The average molecular weight is 196 g/mol. The normalized spacial score (nSPS) is 14.7. The Morgan fingerprint density at radius 2 is 2.36 bits per heavy atom. The van der Waals surface area contributed by atoms with Gasteiger partial charge >= 0.3 is 11.7 Å². The van der Waals surface area contributed by atoms with E-state index in [-0.39, 0.29) is 0 Å². The third-order valence-corrected chi connectivity index (χ3v) is 2.39. The molecular formula is C9H12N2O3. The van der Waals surface area contributed by atoms with E-state index >= 15 is 0 Å². The van der Waals surface area contributed by atoms with Crippen molar-refractivity contribution in [3.63, 3.8) is 0 Å². The quantitative estimate of drug-likeness (QED) is 0.762. The molecule has 0 saturated carbocycles. The van der Waals surface area contributed by atoms with Crippen LogP contribution in [0.4, 0.5) is 0 Å². The van der Waals surface area contributed by atoms with Gasteiger partial charge in [0.2, 0.25) is 0 Å². The van der Waals surface area contributed by atoms with Crippen LogP contribution in [0, 0.1) is 0 Å². The number of carbonyl (C=O) groups is 1. The number of aromatic nitrogens is 2. The Labute approximate surface area is 81.0 Å². The first kappa shape index (κ1) is 10.4. The highest BCUT2D eigenvalue weighted by Crippen LogP contribution is 2.17. The number of carboxylic acids is 1. The van der Waals surface area contributed by atoms with Crippen molar-refractivity contribution in [3.8, 4) is 0 Å². The van der Waals surface area contributed by atoms with Crippen molar-refractivity contribution in [3.05, 3.63) is 28.9 Å². The summed E-state index contributed by atoms with van der Waals surface area (Å²) in [7, 11) is 0. The first-order chi connectivity index (χ1) is 6.52. The van der Waals surface area contributed by atoms with Crippen LogP contribution in [0.5, 0.6) is 0 Å². The average Bonchev–Trinajstić information content (AvgIpc) is 2.17. The van der Waals surface area contributed by atoms with Crippen LogP contribution in [-0.2, 0) is 10.3 Å². The standard InChI is InChI=1S/C9H12N2O3/c1-3-9(2,7(12)13)11-6-4-5-10-8(11)14/h4-6H,3H2,1-2H3,(H,12,13). The van der Waals surface area contributed by atoms with Crippen molar-refractivity contribution in [2.45, 2.75) is 25.8 Å². The van der Waals surface area contributed by atoms with Gasteiger partial charge in [-0.1, -0.05) is 6.92 Å². The molecule has 1 rings (SSSR count). The molecule has 0 saturated heterocycles. The lowest BCUT2D eigenvalue weighted by Gasteiger charge is -2.24. The molecule has 0 aliphatic rings. The summed E-state index contributed by atoms with van der Waals surface area (Å²) in [4.78, 5) is 25.9. The van der Waals surface area contributed by atoms with Gasteiger partial charge in [0.25, 0.3) is 0 Å². The summed E-state index contributed by atoms with van der Waals surface area (Å²) < 4.78 is 1.13. The second-order valence-corrected chi connectivity index (χ2v) is 3.20. The van der Waals surface area contributed by atoms with E-state index in [1.54, 1.807) is 6.92 Å². The number of hydrogen-bond acceptors (Lipinski definition) is 3. The molecule has 0 aliphatic heterocycles. The lowest BCUT2D eigenvalue weighted by atomic mass is 9.99. The molecule has 0 bridgehead atoms. The summed E-state index contributed by atoms with van der Waals surface area (Å²) >= 11 is 0. The smallest absolute Gasteiger partial charge is 0.348 e. The number of hydrogen-bond donors (Lipinski definition) is 1. The minimum atomic E-state index is -1.22. The van der Waals surface area contributed by atoms with E-state index < -0.39 is 17.2 Å². The lowest BCUT2D eigenvalue weighted by molar-refractivity contribution is -0.147. The van der Waals surface area contributed by atoms with Crippen molar-refractivity contribution in [2.24, 2.45) is 0 Å². The van der Waals surface area contributed by atoms with E-state index in [9.17, 15) is 9.59 Å². The van der Waals surface area contributed by atoms with Gasteiger partial charge in [0.1, 0.15) is 5.54 Å². The Morgan fingerprint density at radius 3 is 2.79 bits per heavy atom. The highest BCUT2D eigenvalue weighted by molar-refractivity contribution is 5.76. The van der Waals surface area contributed by atoms with Gasteiger partial charge in [0.05, 0.1) is 0 Å². The molecule has 1 aromatic heterocycles. The molecule has 0 fully saturated rings. The summed E-state index contributed by atoms with van der Waals surface area (Å²) in [5.41, 5.74) is -1.76. The predicted molar refractivity (Wildman–Crippen MR) is 50.1 cm³/mol. The second kappa shape index (κ2) is 3.61. The zero-order valence-electron chi connectivity index (χ0n) is 8.10. The molecule has 14 heavy (non-hydrogen) atoms. The maximum absolute atomic E-state index is 11.3. The number of rotatable bonds is 3. The molecule has 76 valence electrons. The largest absolute Gasteiger partial charge is 0.479 e. The van der Waals surface area contributed by atoms with E-state index in [1.165, 1.54) is 25.4 Å². The fourth-order valence-corrected chi connectivity index (χ4v) is 1.16. The minimum absolute atomic E-state index is 0.327. The molecule has 1 heterocycles. The third kappa shape index (κ3) is 1.53. The molecule has 1 unspecified atom stereocenters. The molecular weight excluding hydrogens is 184 g/mol. The molecule has 0 spiro atoms. The zero-order valence-corrected chi connectivity index (χ0v) is 8.10. The summed E-state index contributed by atoms with van der Waals surface area (Å²) in [6.07, 6.45) is 3.11. The van der Waals surface area contributed by atoms with Crippen molar-refractivity contribution < 1.29 is 9.90 Å². The van der Waals surface area contributed by atoms with Crippen LogP contribution in [0.1, 0.15) is 20.3 Å². The maximum Gasteiger partial charge on any atom is 0.348 e. The molecule has 5 heteroatoms. The van der Waals surface area contributed by atoms with Gasteiger partial charge < -0.3 is 5.11 Å². The van der Waals surface area contributed by atoms with Gasteiger partial charge in [-0.2, -0.15) is 0 Å². The Balaban J connectivity index is 3.34. The Hall–Kier alpha value is -1.65. The Bertz CT molecular complexity index is 399. The van der Waals surface area contributed by atoms with Crippen LogP contribution >= 0.6 is 0 Å². The van der Waals surface area contributed by atoms with Gasteiger partial charge in [0.15, 0.2) is 0 Å². The molecule has 0 aromatic carbocycles. The van der Waals surface area contributed by atoms with E-state index in [1.807, 2.05) is 0 Å². The van der Waals surface area contributed by atoms with Crippen molar-refractivity contribution >= 4 is 5.97 Å². The van der Waals surface area contributed by atoms with Crippen LogP contribution in [-0.4, -0.2) is 20.6 Å². The molecule has 1 N–H and O–H groups in total. The molecule has 5 nitrogen and oxygen atoms in total. The second-order valence-electron chi connectivity index (χ2n) is 3.20. The molecule has 0 radical (unpaired) electrons. The number of nitrogens with zero attached hydrogens (tertiary/aromatic N) is 2. The van der Waals surface area contributed by atoms with E-state index in [0.29, 0.717) is 6.42 Å². The summed E-state index contributed by atoms with van der Waals surface area (Å²) in [5.74, 6) is -1.03. The first-order valence-corrected chi connectivity index (χ1v) is 4.30. The van der Waals surface area contributed by atoms with Crippen LogP contribution < -0.4 is 5.69 Å². The molecule has 0 aliphatic carbocycles. The fraction of sp³-hybridized carbons (Fsp3) is 0.444. The van der Waals surface area contributed by atoms with Crippen molar-refractivity contribution in [1.82, 2.24) is 9.55 Å². The van der Waals surface area contributed by atoms with Crippen LogP contribution in [0.3, 0.4) is 0 Å². The molecule has 1 atom stereocenters. The monoisotopic (exact) mass is 196 g/mol. The summed E-state index contributed by atoms with van der Waals surface area (Å²) in [6.45, 7) is 3.21. The molecule has 1 aromatic rings. The van der Waals surface area contributed by atoms with Gasteiger partial charge in [-0.15, -0.1) is 0 Å². The number of aliphatic carboxylic acids is 1. The van der Waals surface area contributed by atoms with Crippen LogP contribution in [0.25, 0.3) is 0 Å². The van der Waals surface area contributed by atoms with Gasteiger partial charge in [-0.25, -0.2) is 14.6 Å². The van der Waals surface area contributed by atoms with Gasteiger partial charge in [-0.3, -0.25) is 4.57 Å². The summed E-state index contributed by atoms with van der Waals surface area (Å²) in [5, 5.41) is 9.02. The molecule has 0 amide bonds. The van der Waals surface area contributed by atoms with Crippen LogP contribution in [0.2, 0.25) is 0 Å². The first-order valence-electron chi connectivity index (χ1n) is 4.30. The van der Waals surface area contributed by atoms with Gasteiger partial charge in [-0.05, 0) is 19.4 Å². The fourth-order valence-electron chi connectivity index (χ4n) is 1.16. The SMILES string of the molecule is CCC(C)(C(=O)O)n1cccnc1=O. The summed E-state index contributed by atoms with van der Waals surface area (Å²) in [6, 6.07) is 1.54. The van der Waals surface area contributed by atoms with Crippen LogP contribution in [0.15, 0.2) is 23.3 Å². The minimum Gasteiger partial charge on any atom is -0.479 e. The van der Waals surface area contributed by atoms with Gasteiger partial charge in [0, 0.05) is 12.4 Å². The predicted octanol–water partition coefficient (Wildman–Crippen LogP) is 0.453. The zero-order chi connectivity index (χ0) is 10.8. The lowest BCUT2D eigenvalue weighted by Crippen LogP contribution is -2.45. The van der Waals surface area contributed by atoms with Crippen molar-refractivity contribution in [2.75, 3.05) is 0 Å². The van der Waals surface area contributed by atoms with E-state index in [2.05, 4.69) is 4.98 Å². The van der Waals surface area contributed by atoms with Crippen molar-refractivity contribution in [1.29, 1.82) is 0 Å². The van der Waals surface area contributed by atoms with E-state index in [4.69, 9.17) is 5.11 Å². The topological polar surface area (TPSA) is 72.2 Å².